The molecule has 1 saturated carbocycles. The van der Waals surface area contributed by atoms with E-state index in [0.29, 0.717) is 0 Å². The molecular weight excluding hydrogens is 148 g/mol. The molecule has 0 radical (unpaired) electrons. The van der Waals surface area contributed by atoms with Crippen LogP contribution in [-0.2, 0) is 0 Å². The predicted molar refractivity (Wildman–Crippen MR) is 52.7 cm³/mol. The van der Waals surface area contributed by atoms with E-state index in [1.54, 1.807) is 0 Å². The molecule has 0 spiro atoms. The number of amidine groups is 1. The zero-order valence-electron chi connectivity index (χ0n) is 8.27. The van der Waals surface area contributed by atoms with Crippen molar-refractivity contribution in [2.45, 2.75) is 52.0 Å². The molecule has 1 N–H and O–H groups in total. The molecule has 2 nitrogen and oxygen atoms in total. The van der Waals surface area contributed by atoms with Crippen molar-refractivity contribution < 1.29 is 0 Å². The Bertz CT molecular complexity index is 150. The Morgan fingerprint density at radius 3 is 2.42 bits per heavy atom. The molecule has 0 aliphatic heterocycles. The summed E-state index contributed by atoms with van der Waals surface area (Å²) in [6.07, 6.45) is 5.85. The molecule has 0 aromatic carbocycles. The lowest BCUT2D eigenvalue weighted by Crippen LogP contribution is -2.32. The van der Waals surface area contributed by atoms with Crippen molar-refractivity contribution in [3.8, 4) is 0 Å². The van der Waals surface area contributed by atoms with Crippen molar-refractivity contribution in [3.05, 3.63) is 0 Å². The fourth-order valence-corrected chi connectivity index (χ4v) is 1.55. The van der Waals surface area contributed by atoms with Crippen molar-refractivity contribution in [1.29, 1.82) is 5.41 Å². The Labute approximate surface area is 75.5 Å². The molecule has 1 fully saturated rings. The molecule has 0 unspecified atom stereocenters. The van der Waals surface area contributed by atoms with E-state index in [4.69, 9.17) is 5.41 Å². The Kier molecular flexibility index (Phi) is 3.57. The fraction of sp³-hybridized carbons (Fsp3) is 0.900. The monoisotopic (exact) mass is 168 g/mol. The lowest BCUT2D eigenvalue weighted by atomic mass is 10.2. The molecule has 0 aromatic heterocycles. The first-order chi connectivity index (χ1) is 5.79. The number of hydrogen-bond donors (Lipinski definition) is 1. The van der Waals surface area contributed by atoms with Gasteiger partial charge in [-0.15, -0.1) is 0 Å². The second-order valence-electron chi connectivity index (χ2n) is 3.62. The zero-order valence-corrected chi connectivity index (χ0v) is 8.27. The van der Waals surface area contributed by atoms with Crippen LogP contribution in [0.2, 0.25) is 0 Å². The first-order valence-corrected chi connectivity index (χ1v) is 5.13. The van der Waals surface area contributed by atoms with E-state index in [1.807, 2.05) is 0 Å². The molecule has 70 valence electrons. The highest BCUT2D eigenvalue weighted by Gasteiger charge is 2.29. The second kappa shape index (κ2) is 4.48. The van der Waals surface area contributed by atoms with Gasteiger partial charge in [0.05, 0.1) is 5.84 Å². The maximum atomic E-state index is 7.85. The maximum absolute atomic E-state index is 7.85. The van der Waals surface area contributed by atoms with Gasteiger partial charge in [0.15, 0.2) is 0 Å². The third kappa shape index (κ3) is 2.50. The van der Waals surface area contributed by atoms with E-state index in [2.05, 4.69) is 18.7 Å². The summed E-state index contributed by atoms with van der Waals surface area (Å²) in [4.78, 5) is 2.30. The van der Waals surface area contributed by atoms with Crippen LogP contribution in [0.4, 0.5) is 0 Å². The average Bonchev–Trinajstić information content (AvgIpc) is 2.83. The Balaban J connectivity index is 2.34. The van der Waals surface area contributed by atoms with Gasteiger partial charge in [0, 0.05) is 19.0 Å². The highest BCUT2D eigenvalue weighted by Crippen LogP contribution is 2.27. The first-order valence-electron chi connectivity index (χ1n) is 5.13. The van der Waals surface area contributed by atoms with Gasteiger partial charge in [0.1, 0.15) is 0 Å². The van der Waals surface area contributed by atoms with Crippen molar-refractivity contribution in [2.24, 2.45) is 0 Å². The van der Waals surface area contributed by atoms with E-state index < -0.39 is 0 Å². The Hall–Kier alpha value is -0.530. The van der Waals surface area contributed by atoms with Crippen molar-refractivity contribution in [3.63, 3.8) is 0 Å². The number of hydrogen-bond acceptors (Lipinski definition) is 1. The molecule has 1 rings (SSSR count). The molecular formula is C10H20N2. The largest absolute Gasteiger partial charge is 0.358 e. The van der Waals surface area contributed by atoms with Crippen LogP contribution >= 0.6 is 0 Å². The number of nitrogens with one attached hydrogen (secondary N) is 1. The molecule has 0 bridgehead atoms. The quantitative estimate of drug-likeness (QED) is 0.496. The van der Waals surface area contributed by atoms with Gasteiger partial charge in [0.2, 0.25) is 0 Å². The van der Waals surface area contributed by atoms with Gasteiger partial charge in [-0.3, -0.25) is 5.41 Å². The molecule has 0 heterocycles. The normalized spacial score (nSPS) is 16.2. The van der Waals surface area contributed by atoms with Gasteiger partial charge in [-0.05, 0) is 25.7 Å². The standard InChI is InChI=1S/C10H20N2/c1-3-5-10(11)12(8-4-2)9-6-7-9/h9,11H,3-8H2,1-2H3. The Morgan fingerprint density at radius 1 is 1.33 bits per heavy atom. The minimum absolute atomic E-state index is 0.726. The van der Waals surface area contributed by atoms with Gasteiger partial charge >= 0.3 is 0 Å². The van der Waals surface area contributed by atoms with Gasteiger partial charge in [-0.25, -0.2) is 0 Å². The predicted octanol–water partition coefficient (Wildman–Crippen LogP) is 2.64. The highest BCUT2D eigenvalue weighted by atomic mass is 15.2. The summed E-state index contributed by atoms with van der Waals surface area (Å²) in [5.41, 5.74) is 0. The van der Waals surface area contributed by atoms with Gasteiger partial charge < -0.3 is 4.90 Å². The maximum Gasteiger partial charge on any atom is 0.0960 e. The van der Waals surface area contributed by atoms with E-state index in [1.165, 1.54) is 19.3 Å². The van der Waals surface area contributed by atoms with Crippen LogP contribution in [0.1, 0.15) is 46.0 Å². The summed E-state index contributed by atoms with van der Waals surface area (Å²) in [7, 11) is 0. The van der Waals surface area contributed by atoms with Crippen molar-refractivity contribution in [1.82, 2.24) is 4.90 Å². The van der Waals surface area contributed by atoms with Crippen LogP contribution in [0.25, 0.3) is 0 Å². The minimum Gasteiger partial charge on any atom is -0.358 e. The van der Waals surface area contributed by atoms with E-state index >= 15 is 0 Å². The van der Waals surface area contributed by atoms with Crippen LogP contribution < -0.4 is 0 Å². The molecule has 0 atom stereocenters. The van der Waals surface area contributed by atoms with Crippen molar-refractivity contribution >= 4 is 5.84 Å². The highest BCUT2D eigenvalue weighted by molar-refractivity contribution is 5.79. The third-order valence-corrected chi connectivity index (χ3v) is 2.29. The molecule has 1 aliphatic rings. The molecule has 12 heavy (non-hydrogen) atoms. The van der Waals surface area contributed by atoms with Crippen LogP contribution in [0.3, 0.4) is 0 Å². The Morgan fingerprint density at radius 2 is 2.00 bits per heavy atom. The van der Waals surface area contributed by atoms with Crippen LogP contribution in [0, 0.1) is 5.41 Å². The lowest BCUT2D eigenvalue weighted by Gasteiger charge is -2.24. The van der Waals surface area contributed by atoms with Crippen LogP contribution in [-0.4, -0.2) is 23.3 Å². The van der Waals surface area contributed by atoms with Crippen LogP contribution in [0.5, 0.6) is 0 Å². The summed E-state index contributed by atoms with van der Waals surface area (Å²) in [5.74, 6) is 0.863. The minimum atomic E-state index is 0.726. The topological polar surface area (TPSA) is 27.1 Å². The lowest BCUT2D eigenvalue weighted by molar-refractivity contribution is 0.396. The SMILES string of the molecule is CCCC(=N)N(CCC)C1CC1. The van der Waals surface area contributed by atoms with Gasteiger partial charge in [0.25, 0.3) is 0 Å². The summed E-state index contributed by atoms with van der Waals surface area (Å²) >= 11 is 0. The third-order valence-electron chi connectivity index (χ3n) is 2.29. The first kappa shape index (κ1) is 9.56. The number of rotatable bonds is 5. The zero-order chi connectivity index (χ0) is 8.97. The molecule has 0 saturated heterocycles. The van der Waals surface area contributed by atoms with Gasteiger partial charge in [-0.2, -0.15) is 0 Å². The molecule has 0 amide bonds. The molecule has 2 heteroatoms. The molecule has 1 aliphatic carbocycles. The molecule has 0 aromatic rings. The second-order valence-corrected chi connectivity index (χ2v) is 3.62. The summed E-state index contributed by atoms with van der Waals surface area (Å²) in [6.45, 7) is 5.42. The smallest absolute Gasteiger partial charge is 0.0960 e. The van der Waals surface area contributed by atoms with Gasteiger partial charge in [-0.1, -0.05) is 13.8 Å². The summed E-state index contributed by atoms with van der Waals surface area (Å²) in [6, 6.07) is 0.726. The van der Waals surface area contributed by atoms with E-state index in [0.717, 1.165) is 31.3 Å². The van der Waals surface area contributed by atoms with Crippen LogP contribution in [0.15, 0.2) is 0 Å². The fourth-order valence-electron chi connectivity index (χ4n) is 1.55. The average molecular weight is 168 g/mol. The summed E-state index contributed by atoms with van der Waals surface area (Å²) < 4.78 is 0. The van der Waals surface area contributed by atoms with E-state index in [9.17, 15) is 0 Å². The van der Waals surface area contributed by atoms with E-state index in [-0.39, 0.29) is 0 Å². The number of nitrogens with zero attached hydrogens (tertiary/aromatic N) is 1. The van der Waals surface area contributed by atoms with Crippen molar-refractivity contribution in [2.75, 3.05) is 6.54 Å². The summed E-state index contributed by atoms with van der Waals surface area (Å²) in [5, 5.41) is 7.85.